The largest absolute Gasteiger partial charge is 0.135 e. The van der Waals surface area contributed by atoms with E-state index in [9.17, 15) is 0 Å². The number of hydrogen-bond donors (Lipinski definition) is 0. The van der Waals surface area contributed by atoms with Gasteiger partial charge < -0.3 is 0 Å². The molecule has 0 radical (unpaired) electrons. The molecule has 0 fully saturated rings. The van der Waals surface area contributed by atoms with Crippen LogP contribution in [0, 0.1) is 6.92 Å². The van der Waals surface area contributed by atoms with E-state index in [2.05, 4.69) is 83.5 Å². The second-order valence-electron chi connectivity index (χ2n) is 5.27. The number of halogens is 1. The molecule has 0 aliphatic rings. The van der Waals surface area contributed by atoms with Gasteiger partial charge in [-0.15, -0.1) is 11.3 Å². The second-order valence-corrected chi connectivity index (χ2v) is 7.27. The average molecular weight is 353 g/mol. The fourth-order valence-corrected chi connectivity index (χ4v) is 4.41. The van der Waals surface area contributed by atoms with Gasteiger partial charge in [0.15, 0.2) is 0 Å². The van der Waals surface area contributed by atoms with Crippen molar-refractivity contribution in [1.82, 2.24) is 0 Å². The first kappa shape index (κ1) is 13.1. The molecule has 0 amide bonds. The zero-order valence-electron chi connectivity index (χ0n) is 11.6. The normalized spacial score (nSPS) is 11.3. The molecular formula is C19H13BrS. The molecule has 1 aromatic heterocycles. The molecular weight excluding hydrogens is 340 g/mol. The van der Waals surface area contributed by atoms with Gasteiger partial charge in [-0.25, -0.2) is 0 Å². The molecule has 0 atom stereocenters. The summed E-state index contributed by atoms with van der Waals surface area (Å²) in [7, 11) is 0. The summed E-state index contributed by atoms with van der Waals surface area (Å²) in [5, 5.41) is 2.71. The van der Waals surface area contributed by atoms with Crippen molar-refractivity contribution in [2.75, 3.05) is 0 Å². The molecule has 3 aromatic carbocycles. The topological polar surface area (TPSA) is 0 Å². The van der Waals surface area contributed by atoms with Crippen LogP contribution in [0.2, 0.25) is 0 Å². The number of rotatable bonds is 1. The third-order valence-corrected chi connectivity index (χ3v) is 5.52. The maximum atomic E-state index is 3.54. The van der Waals surface area contributed by atoms with Crippen LogP contribution < -0.4 is 0 Å². The van der Waals surface area contributed by atoms with Gasteiger partial charge in [0.2, 0.25) is 0 Å². The summed E-state index contributed by atoms with van der Waals surface area (Å²) in [5.41, 5.74) is 3.88. The Labute approximate surface area is 136 Å². The maximum absolute atomic E-state index is 3.54. The highest BCUT2D eigenvalue weighted by atomic mass is 79.9. The third-order valence-electron chi connectivity index (χ3n) is 3.88. The maximum Gasteiger partial charge on any atom is 0.0355 e. The van der Waals surface area contributed by atoms with Crippen LogP contribution in [0.4, 0.5) is 0 Å². The van der Waals surface area contributed by atoms with E-state index in [0.717, 1.165) is 4.47 Å². The van der Waals surface area contributed by atoms with Crippen LogP contribution in [0.3, 0.4) is 0 Å². The Balaban J connectivity index is 1.99. The van der Waals surface area contributed by atoms with E-state index in [1.807, 2.05) is 11.3 Å². The fraction of sp³-hybridized carbons (Fsp3) is 0.0526. The second kappa shape index (κ2) is 4.97. The van der Waals surface area contributed by atoms with Gasteiger partial charge in [-0.05, 0) is 53.9 Å². The van der Waals surface area contributed by atoms with E-state index in [0.29, 0.717) is 0 Å². The highest BCUT2D eigenvalue weighted by Crippen LogP contribution is 2.37. The predicted octanol–water partition coefficient (Wildman–Crippen LogP) is 6.79. The Kier molecular flexibility index (Phi) is 3.09. The predicted molar refractivity (Wildman–Crippen MR) is 97.2 cm³/mol. The van der Waals surface area contributed by atoms with Crippen LogP contribution in [-0.2, 0) is 0 Å². The molecule has 0 spiro atoms. The first-order valence-electron chi connectivity index (χ1n) is 6.90. The molecule has 1 heterocycles. The average Bonchev–Trinajstić information content (AvgIpc) is 2.85. The van der Waals surface area contributed by atoms with Crippen molar-refractivity contribution in [2.45, 2.75) is 6.92 Å². The van der Waals surface area contributed by atoms with Gasteiger partial charge in [0.25, 0.3) is 0 Å². The zero-order valence-corrected chi connectivity index (χ0v) is 14.0. The van der Waals surface area contributed by atoms with Gasteiger partial charge in [-0.1, -0.05) is 46.3 Å². The number of hydrogen-bond acceptors (Lipinski definition) is 1. The Morgan fingerprint density at radius 1 is 0.810 bits per heavy atom. The number of thiophene rings is 1. The van der Waals surface area contributed by atoms with Crippen LogP contribution >= 0.6 is 27.3 Å². The summed E-state index contributed by atoms with van der Waals surface area (Å²) in [6.45, 7) is 2.16. The van der Waals surface area contributed by atoms with Crippen molar-refractivity contribution < 1.29 is 0 Å². The Bertz CT molecular complexity index is 966. The van der Waals surface area contributed by atoms with Crippen molar-refractivity contribution in [3.05, 3.63) is 70.7 Å². The molecule has 4 rings (SSSR count). The lowest BCUT2D eigenvalue weighted by Gasteiger charge is -2.07. The summed E-state index contributed by atoms with van der Waals surface area (Å²) < 4.78 is 3.85. The Hall–Kier alpha value is -1.64. The van der Waals surface area contributed by atoms with Crippen molar-refractivity contribution in [1.29, 1.82) is 0 Å². The first-order chi connectivity index (χ1) is 10.2. The lowest BCUT2D eigenvalue weighted by Crippen LogP contribution is -1.83. The van der Waals surface area contributed by atoms with Gasteiger partial charge in [-0.2, -0.15) is 0 Å². The molecule has 0 aliphatic carbocycles. The molecule has 0 aliphatic heterocycles. The number of fused-ring (bicyclic) bond motifs is 3. The van der Waals surface area contributed by atoms with E-state index < -0.39 is 0 Å². The van der Waals surface area contributed by atoms with Crippen LogP contribution in [0.1, 0.15) is 5.56 Å². The molecule has 0 bridgehead atoms. The minimum absolute atomic E-state index is 1.13. The molecule has 21 heavy (non-hydrogen) atoms. The SMILES string of the molecule is Cc1cc(Br)ccc1-c1ccc2sc3ccccc3c2c1. The minimum Gasteiger partial charge on any atom is -0.135 e. The van der Waals surface area contributed by atoms with E-state index in [-0.39, 0.29) is 0 Å². The molecule has 4 aromatic rings. The van der Waals surface area contributed by atoms with Gasteiger partial charge in [0, 0.05) is 24.6 Å². The van der Waals surface area contributed by atoms with E-state index in [4.69, 9.17) is 0 Å². The highest BCUT2D eigenvalue weighted by Gasteiger charge is 2.08. The van der Waals surface area contributed by atoms with Crippen molar-refractivity contribution >= 4 is 47.4 Å². The van der Waals surface area contributed by atoms with Crippen molar-refractivity contribution in [3.8, 4) is 11.1 Å². The van der Waals surface area contributed by atoms with Gasteiger partial charge >= 0.3 is 0 Å². The Morgan fingerprint density at radius 2 is 1.62 bits per heavy atom. The fourth-order valence-electron chi connectivity index (χ4n) is 2.84. The first-order valence-corrected chi connectivity index (χ1v) is 8.51. The summed E-state index contributed by atoms with van der Waals surface area (Å²) in [6.07, 6.45) is 0. The van der Waals surface area contributed by atoms with Crippen LogP contribution in [0.15, 0.2) is 65.1 Å². The summed E-state index contributed by atoms with van der Waals surface area (Å²) >= 11 is 5.40. The molecule has 102 valence electrons. The smallest absolute Gasteiger partial charge is 0.0355 e. The van der Waals surface area contributed by atoms with Gasteiger partial charge in [0.1, 0.15) is 0 Å². The van der Waals surface area contributed by atoms with Crippen LogP contribution in [-0.4, -0.2) is 0 Å². The lowest BCUT2D eigenvalue weighted by molar-refractivity contribution is 1.44. The molecule has 0 saturated carbocycles. The van der Waals surface area contributed by atoms with Crippen molar-refractivity contribution in [2.24, 2.45) is 0 Å². The summed E-state index contributed by atoms with van der Waals surface area (Å²) in [6, 6.07) is 21.9. The van der Waals surface area contributed by atoms with Crippen molar-refractivity contribution in [3.63, 3.8) is 0 Å². The zero-order chi connectivity index (χ0) is 14.4. The third kappa shape index (κ3) is 2.19. The van der Waals surface area contributed by atoms with Gasteiger partial charge in [0.05, 0.1) is 0 Å². The lowest BCUT2D eigenvalue weighted by atomic mass is 9.99. The molecule has 0 nitrogen and oxygen atoms in total. The minimum atomic E-state index is 1.13. The molecule has 0 saturated heterocycles. The van der Waals surface area contributed by atoms with Crippen LogP contribution in [0.25, 0.3) is 31.3 Å². The highest BCUT2D eigenvalue weighted by molar-refractivity contribution is 9.10. The van der Waals surface area contributed by atoms with Gasteiger partial charge in [-0.3, -0.25) is 0 Å². The quantitative estimate of drug-likeness (QED) is 0.353. The molecule has 2 heteroatoms. The number of aryl methyl sites for hydroxylation is 1. The van der Waals surface area contributed by atoms with E-state index in [1.54, 1.807) is 0 Å². The monoisotopic (exact) mass is 352 g/mol. The number of benzene rings is 3. The van der Waals surface area contributed by atoms with E-state index in [1.165, 1.54) is 36.9 Å². The summed E-state index contributed by atoms with van der Waals surface area (Å²) in [5.74, 6) is 0. The summed E-state index contributed by atoms with van der Waals surface area (Å²) in [4.78, 5) is 0. The van der Waals surface area contributed by atoms with E-state index >= 15 is 0 Å². The molecule has 0 N–H and O–H groups in total. The molecule has 0 unspecified atom stereocenters. The van der Waals surface area contributed by atoms with Crippen LogP contribution in [0.5, 0.6) is 0 Å². The Morgan fingerprint density at radius 3 is 2.48 bits per heavy atom. The standard InChI is InChI=1S/C19H13BrS/c1-12-10-14(20)7-8-15(12)13-6-9-19-17(11-13)16-4-2-3-5-18(16)21-19/h2-11H,1H3.